The molecule has 0 amide bonds. The van der Waals surface area contributed by atoms with E-state index in [0.29, 0.717) is 6.54 Å². The molecule has 5 nitrogen and oxygen atoms in total. The predicted molar refractivity (Wildman–Crippen MR) is 48.0 cm³/mol. The first-order valence-corrected chi connectivity index (χ1v) is 5.52. The van der Waals surface area contributed by atoms with Crippen LogP contribution in [0.25, 0.3) is 0 Å². The summed E-state index contributed by atoms with van der Waals surface area (Å²) in [6.45, 7) is 0.416. The Hall–Kier alpha value is -0.740. The molecule has 6 heteroatoms. The first-order valence-electron chi connectivity index (χ1n) is 3.72. The lowest BCUT2D eigenvalue weighted by Crippen LogP contribution is -2.14. The molecular weight excluding hydrogens is 191 g/mol. The van der Waals surface area contributed by atoms with Gasteiger partial charge in [0.1, 0.15) is 0 Å². The van der Waals surface area contributed by atoms with Gasteiger partial charge in [-0.25, -0.2) is 0 Å². The molecule has 1 aromatic heterocycles. The maximum Gasteiger partial charge on any atom is 0.339 e. The first-order chi connectivity index (χ1) is 6.08. The van der Waals surface area contributed by atoms with E-state index in [0.717, 1.165) is 5.56 Å². The van der Waals surface area contributed by atoms with Gasteiger partial charge in [-0.3, -0.25) is 9.55 Å². The summed E-state index contributed by atoms with van der Waals surface area (Å²) in [5.41, 5.74) is 0.899. The second kappa shape index (κ2) is 4.48. The van der Waals surface area contributed by atoms with Crippen molar-refractivity contribution in [2.45, 2.75) is 6.54 Å². The molecule has 0 fully saturated rings. The molecule has 0 saturated heterocycles. The molecule has 0 spiro atoms. The fraction of sp³-hybridized carbons (Fsp3) is 0.286. The number of rotatable bonds is 4. The average Bonchev–Trinajstić information content (AvgIpc) is 2.04. The van der Waals surface area contributed by atoms with Gasteiger partial charge in [-0.2, -0.15) is 0 Å². The predicted octanol–water partition coefficient (Wildman–Crippen LogP) is 0.306. The monoisotopic (exact) mass is 202 g/mol. The average molecular weight is 202 g/mol. The number of pyridine rings is 1. The van der Waals surface area contributed by atoms with Crippen molar-refractivity contribution >= 4 is 7.60 Å². The molecule has 1 rings (SSSR count). The van der Waals surface area contributed by atoms with Crippen LogP contribution in [0.4, 0.5) is 0 Å². The highest BCUT2D eigenvalue weighted by molar-refractivity contribution is 7.51. The summed E-state index contributed by atoms with van der Waals surface area (Å²) < 4.78 is 10.4. The summed E-state index contributed by atoms with van der Waals surface area (Å²) in [5, 5.41) is 2.64. The largest absolute Gasteiger partial charge is 0.339 e. The lowest BCUT2D eigenvalue weighted by Gasteiger charge is -2.05. The smallest absolute Gasteiger partial charge is 0.324 e. The first kappa shape index (κ1) is 10.3. The summed E-state index contributed by atoms with van der Waals surface area (Å²) in [6.07, 6.45) is 2.99. The van der Waals surface area contributed by atoms with Crippen LogP contribution in [0.3, 0.4) is 0 Å². The van der Waals surface area contributed by atoms with Crippen LogP contribution in [0.1, 0.15) is 5.56 Å². The zero-order valence-corrected chi connectivity index (χ0v) is 7.82. The zero-order valence-electron chi connectivity index (χ0n) is 6.92. The summed E-state index contributed by atoms with van der Waals surface area (Å²) in [7, 11) is -3.93. The van der Waals surface area contributed by atoms with Crippen molar-refractivity contribution in [2.75, 3.05) is 6.29 Å². The van der Waals surface area contributed by atoms with Gasteiger partial charge < -0.3 is 15.1 Å². The van der Waals surface area contributed by atoms with Crippen LogP contribution in [0.15, 0.2) is 24.5 Å². The fourth-order valence-corrected chi connectivity index (χ4v) is 1.25. The van der Waals surface area contributed by atoms with Gasteiger partial charge in [0.25, 0.3) is 0 Å². The highest BCUT2D eigenvalue weighted by Crippen LogP contribution is 2.31. The molecule has 1 heterocycles. The third-order valence-corrected chi connectivity index (χ3v) is 2.01. The van der Waals surface area contributed by atoms with E-state index in [9.17, 15) is 4.57 Å². The van der Waals surface area contributed by atoms with Crippen molar-refractivity contribution in [1.29, 1.82) is 0 Å². The lowest BCUT2D eigenvalue weighted by atomic mass is 10.3. The van der Waals surface area contributed by atoms with Crippen LogP contribution < -0.4 is 5.32 Å². The van der Waals surface area contributed by atoms with Crippen molar-refractivity contribution in [3.8, 4) is 0 Å². The molecule has 1 aromatic rings. The minimum atomic E-state index is -3.93. The molecule has 0 atom stereocenters. The summed E-state index contributed by atoms with van der Waals surface area (Å²) in [4.78, 5) is 20.9. The van der Waals surface area contributed by atoms with Crippen molar-refractivity contribution in [3.05, 3.63) is 30.1 Å². The van der Waals surface area contributed by atoms with E-state index < -0.39 is 7.60 Å². The molecule has 72 valence electrons. The van der Waals surface area contributed by atoms with Crippen LogP contribution in [0, 0.1) is 0 Å². The van der Waals surface area contributed by atoms with Gasteiger partial charge in [-0.1, -0.05) is 6.07 Å². The molecule has 0 radical (unpaired) electrons. The van der Waals surface area contributed by atoms with E-state index in [1.54, 1.807) is 18.5 Å². The Morgan fingerprint density at radius 2 is 2.31 bits per heavy atom. The zero-order chi connectivity index (χ0) is 9.73. The Morgan fingerprint density at radius 3 is 2.85 bits per heavy atom. The Morgan fingerprint density at radius 1 is 1.54 bits per heavy atom. The van der Waals surface area contributed by atoms with Gasteiger partial charge >= 0.3 is 7.60 Å². The van der Waals surface area contributed by atoms with E-state index in [-0.39, 0.29) is 6.29 Å². The molecule has 0 saturated carbocycles. The van der Waals surface area contributed by atoms with Crippen molar-refractivity contribution in [2.24, 2.45) is 0 Å². The minimum Gasteiger partial charge on any atom is -0.324 e. The quantitative estimate of drug-likeness (QED) is 0.612. The Bertz CT molecular complexity index is 298. The number of hydrogen-bond acceptors (Lipinski definition) is 3. The Balaban J connectivity index is 2.33. The molecule has 3 N–H and O–H groups in total. The third kappa shape index (κ3) is 4.75. The molecule has 0 aliphatic heterocycles. The highest BCUT2D eigenvalue weighted by atomic mass is 31.2. The second-order valence-corrected chi connectivity index (χ2v) is 4.26. The van der Waals surface area contributed by atoms with Crippen LogP contribution in [0.2, 0.25) is 0 Å². The number of aromatic nitrogens is 1. The fourth-order valence-electron chi connectivity index (χ4n) is 0.849. The van der Waals surface area contributed by atoms with Gasteiger partial charge in [-0.05, 0) is 11.6 Å². The Kier molecular flexibility index (Phi) is 3.57. The van der Waals surface area contributed by atoms with Crippen LogP contribution >= 0.6 is 7.60 Å². The Labute approximate surface area is 76.0 Å². The normalized spacial score (nSPS) is 11.5. The molecule has 0 unspecified atom stereocenters. The van der Waals surface area contributed by atoms with E-state index in [2.05, 4.69) is 10.3 Å². The maximum atomic E-state index is 10.4. The minimum absolute atomic E-state index is 0.304. The SMILES string of the molecule is O=P(O)(O)CNCc1cccnc1. The van der Waals surface area contributed by atoms with Crippen molar-refractivity contribution < 1.29 is 14.4 Å². The van der Waals surface area contributed by atoms with Gasteiger partial charge in [0, 0.05) is 18.9 Å². The lowest BCUT2D eigenvalue weighted by molar-refractivity contribution is 0.368. The van der Waals surface area contributed by atoms with Gasteiger partial charge in [-0.15, -0.1) is 0 Å². The highest BCUT2D eigenvalue weighted by Gasteiger charge is 2.10. The van der Waals surface area contributed by atoms with Crippen LogP contribution in [-0.2, 0) is 11.1 Å². The third-order valence-electron chi connectivity index (χ3n) is 1.37. The van der Waals surface area contributed by atoms with Crippen molar-refractivity contribution in [1.82, 2.24) is 10.3 Å². The number of nitrogens with zero attached hydrogens (tertiary/aromatic N) is 1. The summed E-state index contributed by atoms with van der Waals surface area (Å²) in [6, 6.07) is 3.61. The number of hydrogen-bond donors (Lipinski definition) is 3. The van der Waals surface area contributed by atoms with E-state index in [1.165, 1.54) is 0 Å². The van der Waals surface area contributed by atoms with Gasteiger partial charge in [0.15, 0.2) is 0 Å². The van der Waals surface area contributed by atoms with Gasteiger partial charge in [0.2, 0.25) is 0 Å². The molecular formula is C7H11N2O3P. The molecule has 0 aromatic carbocycles. The van der Waals surface area contributed by atoms with Crippen LogP contribution in [0.5, 0.6) is 0 Å². The number of nitrogens with one attached hydrogen (secondary N) is 1. The molecule has 0 aliphatic rings. The van der Waals surface area contributed by atoms with Gasteiger partial charge in [0.05, 0.1) is 6.29 Å². The van der Waals surface area contributed by atoms with Crippen LogP contribution in [-0.4, -0.2) is 21.1 Å². The molecule has 0 bridgehead atoms. The summed E-state index contributed by atoms with van der Waals surface area (Å²) in [5.74, 6) is 0. The second-order valence-electron chi connectivity index (χ2n) is 2.61. The molecule has 0 aliphatic carbocycles. The van der Waals surface area contributed by atoms with E-state index in [1.807, 2.05) is 6.07 Å². The summed E-state index contributed by atoms with van der Waals surface area (Å²) >= 11 is 0. The standard InChI is InChI=1S/C7H11N2O3P/c10-13(11,12)6-9-5-7-2-1-3-8-4-7/h1-4,9H,5-6H2,(H2,10,11,12). The van der Waals surface area contributed by atoms with Crippen molar-refractivity contribution in [3.63, 3.8) is 0 Å². The molecule has 13 heavy (non-hydrogen) atoms. The van der Waals surface area contributed by atoms with E-state index in [4.69, 9.17) is 9.79 Å². The van der Waals surface area contributed by atoms with E-state index >= 15 is 0 Å². The maximum absolute atomic E-state index is 10.4. The topological polar surface area (TPSA) is 82.5 Å².